The van der Waals surface area contributed by atoms with E-state index in [1.54, 1.807) is 6.92 Å². The molecular formula is C12H22N4O2. The van der Waals surface area contributed by atoms with Crippen LogP contribution in [0.2, 0.25) is 0 Å². The number of rotatable bonds is 7. The summed E-state index contributed by atoms with van der Waals surface area (Å²) in [5.74, 6) is 1.06. The minimum Gasteiger partial charge on any atom is -0.476 e. The number of ether oxygens (including phenoxy) is 1. The summed E-state index contributed by atoms with van der Waals surface area (Å²) in [6, 6.07) is 0. The van der Waals surface area contributed by atoms with Crippen molar-refractivity contribution in [2.24, 2.45) is 0 Å². The second kappa shape index (κ2) is 7.00. The molecule has 1 unspecified atom stereocenters. The molecular weight excluding hydrogens is 232 g/mol. The monoisotopic (exact) mass is 254 g/mol. The summed E-state index contributed by atoms with van der Waals surface area (Å²) in [5, 5.41) is 9.27. The molecule has 0 bridgehead atoms. The van der Waals surface area contributed by atoms with Crippen LogP contribution in [-0.4, -0.2) is 41.4 Å². The Balaban J connectivity index is 2.75. The Kier molecular flexibility index (Phi) is 5.64. The van der Waals surface area contributed by atoms with Gasteiger partial charge in [0, 0.05) is 13.6 Å². The van der Waals surface area contributed by atoms with E-state index >= 15 is 0 Å². The third-order valence-electron chi connectivity index (χ3n) is 2.51. The highest BCUT2D eigenvalue weighted by Gasteiger charge is 2.13. The molecule has 18 heavy (non-hydrogen) atoms. The van der Waals surface area contributed by atoms with Crippen molar-refractivity contribution in [3.63, 3.8) is 0 Å². The van der Waals surface area contributed by atoms with Crippen molar-refractivity contribution in [1.82, 2.24) is 9.97 Å². The van der Waals surface area contributed by atoms with Crippen LogP contribution >= 0.6 is 0 Å². The first-order chi connectivity index (χ1) is 8.56. The van der Waals surface area contributed by atoms with Crippen LogP contribution in [0.4, 0.5) is 11.5 Å². The number of aliphatic hydroxyl groups excluding tert-OH is 1. The van der Waals surface area contributed by atoms with Crippen molar-refractivity contribution in [3.05, 3.63) is 6.33 Å². The summed E-state index contributed by atoms with van der Waals surface area (Å²) in [4.78, 5) is 10.1. The highest BCUT2D eigenvalue weighted by atomic mass is 16.5. The number of hydrogen-bond acceptors (Lipinski definition) is 6. The Labute approximate surface area is 108 Å². The van der Waals surface area contributed by atoms with E-state index < -0.39 is 0 Å². The summed E-state index contributed by atoms with van der Waals surface area (Å²) in [5.41, 5.74) is 6.42. The van der Waals surface area contributed by atoms with Gasteiger partial charge < -0.3 is 20.5 Å². The number of nitrogens with two attached hydrogens (primary N) is 1. The van der Waals surface area contributed by atoms with Gasteiger partial charge in [-0.15, -0.1) is 0 Å². The van der Waals surface area contributed by atoms with Crippen molar-refractivity contribution in [3.8, 4) is 5.88 Å². The minimum absolute atomic E-state index is 0.341. The van der Waals surface area contributed by atoms with Crippen molar-refractivity contribution in [2.75, 3.05) is 30.8 Å². The molecule has 1 atom stereocenters. The number of aliphatic hydroxyl groups is 1. The van der Waals surface area contributed by atoms with Crippen molar-refractivity contribution >= 4 is 11.5 Å². The van der Waals surface area contributed by atoms with Gasteiger partial charge in [0.1, 0.15) is 12.0 Å². The zero-order valence-corrected chi connectivity index (χ0v) is 11.3. The number of anilines is 2. The topological polar surface area (TPSA) is 84.5 Å². The fourth-order valence-corrected chi connectivity index (χ4v) is 1.48. The lowest BCUT2D eigenvalue weighted by atomic mass is 10.2. The molecule has 1 aromatic rings. The predicted octanol–water partition coefficient (Wildman–Crippen LogP) is 1.05. The molecule has 1 rings (SSSR count). The Morgan fingerprint density at radius 3 is 2.83 bits per heavy atom. The van der Waals surface area contributed by atoms with E-state index in [0.29, 0.717) is 37.0 Å². The van der Waals surface area contributed by atoms with Gasteiger partial charge >= 0.3 is 0 Å². The third kappa shape index (κ3) is 4.03. The van der Waals surface area contributed by atoms with E-state index in [9.17, 15) is 5.11 Å². The van der Waals surface area contributed by atoms with Crippen molar-refractivity contribution < 1.29 is 9.84 Å². The Bertz CT molecular complexity index is 371. The molecule has 0 amide bonds. The highest BCUT2D eigenvalue weighted by molar-refractivity contribution is 5.67. The normalized spacial score (nSPS) is 12.2. The maximum Gasteiger partial charge on any atom is 0.242 e. The van der Waals surface area contributed by atoms with Crippen LogP contribution in [0.1, 0.15) is 26.7 Å². The zero-order chi connectivity index (χ0) is 13.5. The number of aromatic nitrogens is 2. The molecule has 0 aliphatic carbocycles. The van der Waals surface area contributed by atoms with Crippen molar-refractivity contribution in [1.29, 1.82) is 0 Å². The van der Waals surface area contributed by atoms with Gasteiger partial charge in [0.2, 0.25) is 5.88 Å². The Hall–Kier alpha value is -1.56. The van der Waals surface area contributed by atoms with Gasteiger partial charge in [-0.25, -0.2) is 4.98 Å². The lowest BCUT2D eigenvalue weighted by molar-refractivity contribution is 0.187. The van der Waals surface area contributed by atoms with Gasteiger partial charge in [-0.1, -0.05) is 6.92 Å². The molecule has 0 aliphatic heterocycles. The SMILES string of the molecule is CCCOc1ncnc(N(C)CCC(C)O)c1N. The fourth-order valence-electron chi connectivity index (χ4n) is 1.48. The fraction of sp³-hybridized carbons (Fsp3) is 0.667. The van der Waals surface area contributed by atoms with E-state index in [1.165, 1.54) is 6.33 Å². The minimum atomic E-state index is -0.341. The molecule has 0 aliphatic rings. The molecule has 102 valence electrons. The zero-order valence-electron chi connectivity index (χ0n) is 11.3. The predicted molar refractivity (Wildman–Crippen MR) is 71.8 cm³/mol. The van der Waals surface area contributed by atoms with Gasteiger partial charge in [0.05, 0.1) is 12.7 Å². The van der Waals surface area contributed by atoms with Crippen LogP contribution in [0, 0.1) is 0 Å². The average Bonchev–Trinajstić information content (AvgIpc) is 2.34. The van der Waals surface area contributed by atoms with E-state index in [0.717, 1.165) is 6.42 Å². The van der Waals surface area contributed by atoms with Gasteiger partial charge in [-0.05, 0) is 19.8 Å². The highest BCUT2D eigenvalue weighted by Crippen LogP contribution is 2.27. The van der Waals surface area contributed by atoms with E-state index in [1.807, 2.05) is 18.9 Å². The second-order valence-corrected chi connectivity index (χ2v) is 4.32. The summed E-state index contributed by atoms with van der Waals surface area (Å²) in [6.07, 6.45) is 2.66. The van der Waals surface area contributed by atoms with Crippen LogP contribution in [0.15, 0.2) is 6.33 Å². The number of hydrogen-bond donors (Lipinski definition) is 2. The lowest BCUT2D eigenvalue weighted by Gasteiger charge is -2.21. The molecule has 0 saturated carbocycles. The average molecular weight is 254 g/mol. The van der Waals surface area contributed by atoms with Gasteiger partial charge in [0.15, 0.2) is 5.82 Å². The number of nitrogen functional groups attached to an aromatic ring is 1. The molecule has 0 fully saturated rings. The molecule has 0 aromatic carbocycles. The van der Waals surface area contributed by atoms with E-state index in [4.69, 9.17) is 10.5 Å². The smallest absolute Gasteiger partial charge is 0.242 e. The van der Waals surface area contributed by atoms with Crippen LogP contribution in [0.3, 0.4) is 0 Å². The van der Waals surface area contributed by atoms with Crippen LogP contribution in [0.5, 0.6) is 5.88 Å². The molecule has 0 spiro atoms. The van der Waals surface area contributed by atoms with Crippen LogP contribution < -0.4 is 15.4 Å². The molecule has 1 heterocycles. The van der Waals surface area contributed by atoms with Crippen molar-refractivity contribution in [2.45, 2.75) is 32.8 Å². The van der Waals surface area contributed by atoms with E-state index in [-0.39, 0.29) is 6.10 Å². The van der Waals surface area contributed by atoms with Crippen LogP contribution in [0.25, 0.3) is 0 Å². The third-order valence-corrected chi connectivity index (χ3v) is 2.51. The summed E-state index contributed by atoms with van der Waals surface area (Å²) in [6.45, 7) is 5.03. The first-order valence-corrected chi connectivity index (χ1v) is 6.18. The van der Waals surface area contributed by atoms with Gasteiger partial charge in [0.25, 0.3) is 0 Å². The van der Waals surface area contributed by atoms with Gasteiger partial charge in [-0.3, -0.25) is 0 Å². The summed E-state index contributed by atoms with van der Waals surface area (Å²) >= 11 is 0. The summed E-state index contributed by atoms with van der Waals surface area (Å²) in [7, 11) is 1.88. The quantitative estimate of drug-likeness (QED) is 0.756. The second-order valence-electron chi connectivity index (χ2n) is 4.32. The molecule has 6 heteroatoms. The largest absolute Gasteiger partial charge is 0.476 e. The molecule has 1 aromatic heterocycles. The first-order valence-electron chi connectivity index (χ1n) is 6.18. The Morgan fingerprint density at radius 2 is 2.22 bits per heavy atom. The standard InChI is InChI=1S/C12H22N4O2/c1-4-7-18-12-10(13)11(14-8-15-12)16(3)6-5-9(2)17/h8-9,17H,4-7,13H2,1-3H3. The lowest BCUT2D eigenvalue weighted by Crippen LogP contribution is -2.24. The molecule has 0 saturated heterocycles. The van der Waals surface area contributed by atoms with Crippen LogP contribution in [-0.2, 0) is 0 Å². The molecule has 6 nitrogen and oxygen atoms in total. The number of nitrogens with zero attached hydrogens (tertiary/aromatic N) is 3. The summed E-state index contributed by atoms with van der Waals surface area (Å²) < 4.78 is 5.45. The van der Waals surface area contributed by atoms with E-state index in [2.05, 4.69) is 9.97 Å². The maximum absolute atomic E-state index is 9.27. The molecule has 0 radical (unpaired) electrons. The Morgan fingerprint density at radius 1 is 1.50 bits per heavy atom. The molecule has 3 N–H and O–H groups in total. The maximum atomic E-state index is 9.27. The first kappa shape index (κ1) is 14.5. The van der Waals surface area contributed by atoms with Gasteiger partial charge in [-0.2, -0.15) is 4.98 Å².